The maximum absolute atomic E-state index is 5.61. The van der Waals surface area contributed by atoms with E-state index in [0.29, 0.717) is 6.04 Å². The van der Waals surface area contributed by atoms with Crippen LogP contribution in [-0.2, 0) is 0 Å². The molecule has 0 spiro atoms. The normalized spacial score (nSPS) is 37.5. The molecule has 8 heavy (non-hydrogen) atoms. The van der Waals surface area contributed by atoms with Gasteiger partial charge in [0.15, 0.2) is 0 Å². The molecule has 0 aromatic carbocycles. The maximum atomic E-state index is 5.61. The number of hydrogen-bond donors (Lipinski definition) is 1. The molecule has 1 aliphatic carbocycles. The van der Waals surface area contributed by atoms with Gasteiger partial charge in [0.05, 0.1) is 0 Å². The van der Waals surface area contributed by atoms with Crippen molar-refractivity contribution in [3.63, 3.8) is 0 Å². The van der Waals surface area contributed by atoms with Gasteiger partial charge in [0.2, 0.25) is 0 Å². The van der Waals surface area contributed by atoms with Gasteiger partial charge in [0, 0.05) is 6.04 Å². The Labute approximate surface area is 51.3 Å². The lowest BCUT2D eigenvalue weighted by Gasteiger charge is -2.35. The van der Waals surface area contributed by atoms with Crippen molar-refractivity contribution < 1.29 is 0 Å². The second kappa shape index (κ2) is 2.06. The van der Waals surface area contributed by atoms with Crippen LogP contribution in [0, 0.1) is 11.8 Å². The molecule has 0 atom stereocenters. The topological polar surface area (TPSA) is 26.0 Å². The van der Waals surface area contributed by atoms with Gasteiger partial charge < -0.3 is 5.73 Å². The monoisotopic (exact) mass is 113 g/mol. The highest BCUT2D eigenvalue weighted by Gasteiger charge is 2.27. The van der Waals surface area contributed by atoms with Crippen LogP contribution in [0.1, 0.15) is 26.7 Å². The quantitative estimate of drug-likeness (QED) is 0.546. The summed E-state index contributed by atoms with van der Waals surface area (Å²) in [6.07, 6.45) is 2.52. The van der Waals surface area contributed by atoms with Gasteiger partial charge in [-0.25, -0.2) is 0 Å². The molecule has 1 heteroatoms. The van der Waals surface area contributed by atoms with Gasteiger partial charge in [-0.1, -0.05) is 13.8 Å². The van der Waals surface area contributed by atoms with Crippen LogP contribution >= 0.6 is 0 Å². The van der Waals surface area contributed by atoms with E-state index in [9.17, 15) is 0 Å². The summed E-state index contributed by atoms with van der Waals surface area (Å²) in [5.41, 5.74) is 5.61. The molecule has 1 nitrogen and oxygen atoms in total. The highest BCUT2D eigenvalue weighted by molar-refractivity contribution is 4.83. The fourth-order valence-corrected chi connectivity index (χ4v) is 1.25. The highest BCUT2D eigenvalue weighted by Crippen LogP contribution is 2.31. The minimum atomic E-state index is 0.530. The first-order valence-corrected chi connectivity index (χ1v) is 3.45. The van der Waals surface area contributed by atoms with Crippen LogP contribution in [0.25, 0.3) is 0 Å². The SMILES string of the molecule is CC(C)[C@H]1C[C@@H](N)C1. The van der Waals surface area contributed by atoms with Crippen molar-refractivity contribution in [1.29, 1.82) is 0 Å². The van der Waals surface area contributed by atoms with Crippen LogP contribution in [-0.4, -0.2) is 6.04 Å². The summed E-state index contributed by atoms with van der Waals surface area (Å²) in [6.45, 7) is 4.55. The lowest BCUT2D eigenvalue weighted by Crippen LogP contribution is -2.38. The van der Waals surface area contributed by atoms with E-state index in [1.165, 1.54) is 12.8 Å². The molecule has 0 aromatic heterocycles. The smallest absolute Gasteiger partial charge is 0.00443 e. The van der Waals surface area contributed by atoms with Crippen molar-refractivity contribution in [2.75, 3.05) is 0 Å². The van der Waals surface area contributed by atoms with Crippen molar-refractivity contribution in [2.45, 2.75) is 32.7 Å². The fourth-order valence-electron chi connectivity index (χ4n) is 1.25. The maximum Gasteiger partial charge on any atom is 0.00443 e. The summed E-state index contributed by atoms with van der Waals surface area (Å²) < 4.78 is 0. The lowest BCUT2D eigenvalue weighted by atomic mass is 9.74. The minimum Gasteiger partial charge on any atom is -0.328 e. The van der Waals surface area contributed by atoms with Gasteiger partial charge in [0.1, 0.15) is 0 Å². The molecule has 1 aliphatic rings. The summed E-state index contributed by atoms with van der Waals surface area (Å²) in [7, 11) is 0. The highest BCUT2D eigenvalue weighted by atomic mass is 14.7. The standard InChI is InChI=1S/C7H15N/c1-5(2)6-3-7(8)4-6/h5-7H,3-4,8H2,1-2H3/t6-,7+. The average molecular weight is 113 g/mol. The van der Waals surface area contributed by atoms with Crippen LogP contribution < -0.4 is 5.73 Å². The van der Waals surface area contributed by atoms with Gasteiger partial charge >= 0.3 is 0 Å². The zero-order valence-electron chi connectivity index (χ0n) is 5.72. The fraction of sp³-hybridized carbons (Fsp3) is 1.00. The molecule has 2 N–H and O–H groups in total. The second-order valence-electron chi connectivity index (χ2n) is 3.24. The molecule has 1 fully saturated rings. The number of hydrogen-bond acceptors (Lipinski definition) is 1. The van der Waals surface area contributed by atoms with Gasteiger partial charge in [-0.05, 0) is 24.7 Å². The minimum absolute atomic E-state index is 0.530. The van der Waals surface area contributed by atoms with E-state index in [-0.39, 0.29) is 0 Å². The van der Waals surface area contributed by atoms with Crippen molar-refractivity contribution in [2.24, 2.45) is 17.6 Å². The molecule has 0 aromatic rings. The molecular formula is C7H15N. The van der Waals surface area contributed by atoms with E-state index < -0.39 is 0 Å². The molecule has 0 heterocycles. The first-order chi connectivity index (χ1) is 3.70. The summed E-state index contributed by atoms with van der Waals surface area (Å²) in [5, 5.41) is 0. The first kappa shape index (κ1) is 6.09. The van der Waals surface area contributed by atoms with E-state index in [1.807, 2.05) is 0 Å². The summed E-state index contributed by atoms with van der Waals surface area (Å²) >= 11 is 0. The van der Waals surface area contributed by atoms with E-state index in [2.05, 4.69) is 13.8 Å². The number of rotatable bonds is 1. The molecule has 0 radical (unpaired) electrons. The molecule has 1 rings (SSSR count). The Hall–Kier alpha value is -0.0400. The van der Waals surface area contributed by atoms with Crippen LogP contribution in [0.2, 0.25) is 0 Å². The third-order valence-electron chi connectivity index (χ3n) is 2.15. The van der Waals surface area contributed by atoms with Crippen molar-refractivity contribution in [3.05, 3.63) is 0 Å². The molecule has 0 amide bonds. The Morgan fingerprint density at radius 2 is 1.88 bits per heavy atom. The van der Waals surface area contributed by atoms with Gasteiger partial charge in [-0.15, -0.1) is 0 Å². The zero-order valence-corrected chi connectivity index (χ0v) is 5.72. The largest absolute Gasteiger partial charge is 0.328 e. The Morgan fingerprint density at radius 3 is 2.00 bits per heavy atom. The van der Waals surface area contributed by atoms with E-state index in [4.69, 9.17) is 5.73 Å². The molecule has 0 bridgehead atoms. The second-order valence-corrected chi connectivity index (χ2v) is 3.24. The summed E-state index contributed by atoms with van der Waals surface area (Å²) in [6, 6.07) is 0.530. The summed E-state index contributed by atoms with van der Waals surface area (Å²) in [4.78, 5) is 0. The molecular weight excluding hydrogens is 98.1 g/mol. The Balaban J connectivity index is 2.15. The molecule has 0 saturated heterocycles. The van der Waals surface area contributed by atoms with Crippen LogP contribution in [0.3, 0.4) is 0 Å². The van der Waals surface area contributed by atoms with Crippen LogP contribution in [0.5, 0.6) is 0 Å². The van der Waals surface area contributed by atoms with Crippen molar-refractivity contribution in [3.8, 4) is 0 Å². The zero-order chi connectivity index (χ0) is 6.15. The van der Waals surface area contributed by atoms with Gasteiger partial charge in [0.25, 0.3) is 0 Å². The Bertz CT molecular complexity index is 72.5. The van der Waals surface area contributed by atoms with Crippen LogP contribution in [0.15, 0.2) is 0 Å². The molecule has 0 unspecified atom stereocenters. The average Bonchev–Trinajstić information content (AvgIpc) is 1.57. The lowest BCUT2D eigenvalue weighted by molar-refractivity contribution is 0.199. The predicted octanol–water partition coefficient (Wildman–Crippen LogP) is 1.38. The van der Waals surface area contributed by atoms with E-state index >= 15 is 0 Å². The third-order valence-corrected chi connectivity index (χ3v) is 2.15. The van der Waals surface area contributed by atoms with E-state index in [0.717, 1.165) is 11.8 Å². The Kier molecular flexibility index (Phi) is 1.57. The molecule has 1 saturated carbocycles. The third kappa shape index (κ3) is 1.03. The van der Waals surface area contributed by atoms with Gasteiger partial charge in [-0.3, -0.25) is 0 Å². The summed E-state index contributed by atoms with van der Waals surface area (Å²) in [5.74, 6) is 1.79. The Morgan fingerprint density at radius 1 is 1.38 bits per heavy atom. The van der Waals surface area contributed by atoms with E-state index in [1.54, 1.807) is 0 Å². The number of nitrogens with two attached hydrogens (primary N) is 1. The predicted molar refractivity (Wildman–Crippen MR) is 35.5 cm³/mol. The molecule has 0 aliphatic heterocycles. The van der Waals surface area contributed by atoms with Gasteiger partial charge in [-0.2, -0.15) is 0 Å². The first-order valence-electron chi connectivity index (χ1n) is 3.45. The van der Waals surface area contributed by atoms with Crippen molar-refractivity contribution >= 4 is 0 Å². The van der Waals surface area contributed by atoms with Crippen molar-refractivity contribution in [1.82, 2.24) is 0 Å². The van der Waals surface area contributed by atoms with Crippen LogP contribution in [0.4, 0.5) is 0 Å². The molecule has 48 valence electrons.